The lowest BCUT2D eigenvalue weighted by Gasteiger charge is -2.52. The van der Waals surface area contributed by atoms with Gasteiger partial charge in [0.15, 0.2) is 0 Å². The maximum atomic E-state index is 13.5. The number of fused-ring (bicyclic) bond motifs is 1. The number of hydrogen-bond acceptors (Lipinski definition) is 6. The summed E-state index contributed by atoms with van der Waals surface area (Å²) in [6, 6.07) is 7.83. The van der Waals surface area contributed by atoms with Crippen molar-refractivity contribution in [2.45, 2.75) is 32.1 Å². The van der Waals surface area contributed by atoms with Crippen LogP contribution in [0.2, 0.25) is 5.02 Å². The van der Waals surface area contributed by atoms with E-state index in [0.29, 0.717) is 39.3 Å². The molecular formula is C27H29ClFN5O2. The van der Waals surface area contributed by atoms with Crippen LogP contribution < -0.4 is 15.4 Å². The van der Waals surface area contributed by atoms with Gasteiger partial charge in [0.2, 0.25) is 5.91 Å². The highest BCUT2D eigenvalue weighted by atomic mass is 35.5. The number of hydrogen-bond donors (Lipinski definition) is 2. The highest BCUT2D eigenvalue weighted by Crippen LogP contribution is 2.43. The molecule has 2 aliphatic rings. The second-order valence-corrected chi connectivity index (χ2v) is 10.1. The molecule has 5 rings (SSSR count). The summed E-state index contributed by atoms with van der Waals surface area (Å²) >= 11 is 5.91. The SMILES string of the molecule is COc1cc2ncnc(Nc3ccc(F)c(Cl)c3)c2cc1NC(=O)C=CCN1CC2(CCCCC2)C1. The fourth-order valence-electron chi connectivity index (χ4n) is 5.29. The van der Waals surface area contributed by atoms with Gasteiger partial charge < -0.3 is 15.4 Å². The highest BCUT2D eigenvalue weighted by Gasteiger charge is 2.42. The Labute approximate surface area is 214 Å². The number of nitrogens with zero attached hydrogens (tertiary/aromatic N) is 3. The van der Waals surface area contributed by atoms with Gasteiger partial charge in [0, 0.05) is 42.9 Å². The first-order valence-electron chi connectivity index (χ1n) is 12.2. The van der Waals surface area contributed by atoms with Crippen molar-refractivity contribution < 1.29 is 13.9 Å². The van der Waals surface area contributed by atoms with Gasteiger partial charge in [0.1, 0.15) is 23.7 Å². The molecular weight excluding hydrogens is 481 g/mol. The second-order valence-electron chi connectivity index (χ2n) is 9.67. The zero-order chi connectivity index (χ0) is 25.1. The number of ether oxygens (including phenoxy) is 1. The van der Waals surface area contributed by atoms with E-state index in [0.717, 1.165) is 19.6 Å². The first-order valence-corrected chi connectivity index (χ1v) is 12.6. The lowest BCUT2D eigenvalue weighted by Crippen LogP contribution is -2.56. The highest BCUT2D eigenvalue weighted by molar-refractivity contribution is 6.31. The predicted molar refractivity (Wildman–Crippen MR) is 141 cm³/mol. The molecule has 1 aliphatic carbocycles. The molecule has 0 radical (unpaired) electrons. The Bertz CT molecular complexity index is 1300. The molecule has 0 bridgehead atoms. The predicted octanol–water partition coefficient (Wildman–Crippen LogP) is 5.94. The Morgan fingerprint density at radius 1 is 1.19 bits per heavy atom. The molecule has 1 aliphatic heterocycles. The minimum atomic E-state index is -0.500. The molecule has 1 amide bonds. The summed E-state index contributed by atoms with van der Waals surface area (Å²) in [5, 5.41) is 6.72. The van der Waals surface area contributed by atoms with E-state index in [1.807, 2.05) is 6.08 Å². The number of carbonyl (C=O) groups is 1. The Hall–Kier alpha value is -3.23. The molecule has 2 heterocycles. The van der Waals surface area contributed by atoms with Crippen LogP contribution in [0.1, 0.15) is 32.1 Å². The fourth-order valence-corrected chi connectivity index (χ4v) is 5.47. The molecule has 36 heavy (non-hydrogen) atoms. The number of likely N-dealkylation sites (tertiary alicyclic amines) is 1. The van der Waals surface area contributed by atoms with Crippen LogP contribution in [-0.4, -0.2) is 47.5 Å². The third-order valence-corrected chi connectivity index (χ3v) is 7.35. The summed E-state index contributed by atoms with van der Waals surface area (Å²) < 4.78 is 19.0. The fraction of sp³-hybridized carbons (Fsp3) is 0.370. The molecule has 7 nitrogen and oxygen atoms in total. The minimum absolute atomic E-state index is 0.00640. The molecule has 1 spiro atoms. The second kappa shape index (κ2) is 10.4. The van der Waals surface area contributed by atoms with Crippen LogP contribution in [0, 0.1) is 11.2 Å². The third-order valence-electron chi connectivity index (χ3n) is 7.06. The smallest absolute Gasteiger partial charge is 0.248 e. The van der Waals surface area contributed by atoms with Crippen LogP contribution in [0.4, 0.5) is 21.6 Å². The molecule has 0 unspecified atom stereocenters. The number of benzene rings is 2. The summed E-state index contributed by atoms with van der Waals surface area (Å²) in [5.74, 6) is 0.240. The first-order chi connectivity index (χ1) is 17.4. The number of carbonyl (C=O) groups excluding carboxylic acids is 1. The van der Waals surface area contributed by atoms with Crippen molar-refractivity contribution in [2.75, 3.05) is 37.4 Å². The maximum absolute atomic E-state index is 13.5. The van der Waals surface area contributed by atoms with Crippen molar-refractivity contribution in [1.29, 1.82) is 0 Å². The zero-order valence-electron chi connectivity index (χ0n) is 20.2. The van der Waals surface area contributed by atoms with Crippen LogP contribution >= 0.6 is 11.6 Å². The van der Waals surface area contributed by atoms with E-state index in [2.05, 4.69) is 25.5 Å². The molecule has 2 fully saturated rings. The molecule has 188 valence electrons. The normalized spacial score (nSPS) is 17.3. The van der Waals surface area contributed by atoms with E-state index >= 15 is 0 Å². The van der Waals surface area contributed by atoms with E-state index in [1.54, 1.807) is 31.4 Å². The third kappa shape index (κ3) is 5.29. The number of aromatic nitrogens is 2. The molecule has 1 aromatic heterocycles. The van der Waals surface area contributed by atoms with Crippen molar-refractivity contribution in [3.05, 3.63) is 59.7 Å². The van der Waals surface area contributed by atoms with Gasteiger partial charge in [0.25, 0.3) is 0 Å². The average molecular weight is 510 g/mol. The van der Waals surface area contributed by atoms with Gasteiger partial charge in [-0.1, -0.05) is 36.9 Å². The summed E-state index contributed by atoms with van der Waals surface area (Å²) in [4.78, 5) is 23.7. The summed E-state index contributed by atoms with van der Waals surface area (Å²) in [6.45, 7) is 3.03. The van der Waals surface area contributed by atoms with Crippen molar-refractivity contribution >= 4 is 45.6 Å². The van der Waals surface area contributed by atoms with Gasteiger partial charge in [-0.25, -0.2) is 14.4 Å². The monoisotopic (exact) mass is 509 g/mol. The number of nitrogens with one attached hydrogen (secondary N) is 2. The molecule has 1 saturated heterocycles. The van der Waals surface area contributed by atoms with Crippen molar-refractivity contribution in [1.82, 2.24) is 14.9 Å². The quantitative estimate of drug-likeness (QED) is 0.384. The van der Waals surface area contributed by atoms with Crippen molar-refractivity contribution in [3.63, 3.8) is 0 Å². The Morgan fingerprint density at radius 3 is 2.75 bits per heavy atom. The van der Waals surface area contributed by atoms with Crippen LogP contribution in [0.25, 0.3) is 10.9 Å². The summed E-state index contributed by atoms with van der Waals surface area (Å²) in [7, 11) is 1.54. The van der Waals surface area contributed by atoms with Crippen LogP contribution in [0.3, 0.4) is 0 Å². The van der Waals surface area contributed by atoms with Crippen molar-refractivity contribution in [3.8, 4) is 5.75 Å². The van der Waals surface area contributed by atoms with Gasteiger partial charge in [-0.3, -0.25) is 9.69 Å². The number of rotatable bonds is 7. The van der Waals surface area contributed by atoms with E-state index in [1.165, 1.54) is 50.6 Å². The van der Waals surface area contributed by atoms with Gasteiger partial charge >= 0.3 is 0 Å². The van der Waals surface area contributed by atoms with Crippen LogP contribution in [-0.2, 0) is 4.79 Å². The molecule has 2 N–H and O–H groups in total. The first kappa shape index (κ1) is 24.5. The Kier molecular flexibility index (Phi) is 7.07. The molecule has 2 aromatic carbocycles. The molecule has 3 aromatic rings. The summed E-state index contributed by atoms with van der Waals surface area (Å²) in [6.07, 6.45) is 11.6. The van der Waals surface area contributed by atoms with Gasteiger partial charge in [-0.2, -0.15) is 0 Å². The lowest BCUT2D eigenvalue weighted by atomic mass is 9.69. The maximum Gasteiger partial charge on any atom is 0.248 e. The van der Waals surface area contributed by atoms with Crippen LogP contribution in [0.15, 0.2) is 48.8 Å². The van der Waals surface area contributed by atoms with Crippen molar-refractivity contribution in [2.24, 2.45) is 5.41 Å². The number of methoxy groups -OCH3 is 1. The van der Waals surface area contributed by atoms with Gasteiger partial charge in [-0.15, -0.1) is 0 Å². The number of amides is 1. The van der Waals surface area contributed by atoms with Gasteiger partial charge in [0.05, 0.1) is 23.3 Å². The number of anilines is 3. The molecule has 1 saturated carbocycles. The zero-order valence-corrected chi connectivity index (χ0v) is 20.9. The lowest BCUT2D eigenvalue weighted by molar-refractivity contribution is -0.112. The average Bonchev–Trinajstić information content (AvgIpc) is 2.86. The largest absolute Gasteiger partial charge is 0.494 e. The Balaban J connectivity index is 1.28. The number of halogens is 2. The molecule has 9 heteroatoms. The summed E-state index contributed by atoms with van der Waals surface area (Å²) in [5.41, 5.74) is 2.23. The van der Waals surface area contributed by atoms with E-state index in [-0.39, 0.29) is 10.9 Å². The molecule has 0 atom stereocenters. The Morgan fingerprint density at radius 2 is 2.00 bits per heavy atom. The standard InChI is InChI=1S/C27H29ClFN5O2/c1-36-24-14-22-19(26(31-17-30-22)32-18-7-8-21(29)20(28)12-18)13-23(24)33-25(35)6-5-11-34-15-27(16-34)9-3-2-4-10-27/h5-8,12-14,17H,2-4,9-11,15-16H2,1H3,(H,33,35)(H,30,31,32). The van der Waals surface area contributed by atoms with E-state index < -0.39 is 5.82 Å². The van der Waals surface area contributed by atoms with E-state index in [9.17, 15) is 9.18 Å². The van der Waals surface area contributed by atoms with E-state index in [4.69, 9.17) is 16.3 Å². The van der Waals surface area contributed by atoms with Crippen LogP contribution in [0.5, 0.6) is 5.75 Å². The van der Waals surface area contributed by atoms with Gasteiger partial charge in [-0.05, 0) is 42.5 Å². The minimum Gasteiger partial charge on any atom is -0.494 e. The topological polar surface area (TPSA) is 79.4 Å².